The summed E-state index contributed by atoms with van der Waals surface area (Å²) in [5, 5.41) is 0.734. The minimum atomic E-state index is 0.0571. The first-order valence-electron chi connectivity index (χ1n) is 10.7. The first kappa shape index (κ1) is 22.1. The molecule has 1 saturated heterocycles. The van der Waals surface area contributed by atoms with E-state index in [1.165, 1.54) is 0 Å². The molecular formula is C25H27ClN4O2. The van der Waals surface area contributed by atoms with E-state index in [9.17, 15) is 4.79 Å². The van der Waals surface area contributed by atoms with Crippen LogP contribution in [0.3, 0.4) is 0 Å². The van der Waals surface area contributed by atoms with Gasteiger partial charge < -0.3 is 14.5 Å². The maximum Gasteiger partial charge on any atom is 0.324 e. The smallest absolute Gasteiger partial charge is 0.324 e. The number of urea groups is 1. The molecule has 2 heterocycles. The summed E-state index contributed by atoms with van der Waals surface area (Å²) in [5.74, 6) is 0.846. The quantitative estimate of drug-likeness (QED) is 0.476. The molecular weight excluding hydrogens is 424 g/mol. The highest BCUT2D eigenvalue weighted by molar-refractivity contribution is 6.30. The summed E-state index contributed by atoms with van der Waals surface area (Å²) < 4.78 is 5.90. The fourth-order valence-corrected chi connectivity index (χ4v) is 3.79. The molecule has 1 aliphatic rings. The van der Waals surface area contributed by atoms with E-state index in [1.807, 2.05) is 60.5 Å². The average molecular weight is 451 g/mol. The zero-order chi connectivity index (χ0) is 22.3. The standard InChI is InChI=1S/C25H27ClN4O2/c1-28(14-15-29-16-17-30(25(29)31)23-10-12-27-13-11-23)18-19-32-24-8-4-21(5-9-24)20-2-6-22(26)7-3-20/h2-13H,14-19H2,1H3. The molecule has 32 heavy (non-hydrogen) atoms. The number of halogens is 1. The zero-order valence-electron chi connectivity index (χ0n) is 18.2. The van der Waals surface area contributed by atoms with Crippen LogP contribution in [0.2, 0.25) is 5.02 Å². The second kappa shape index (κ2) is 10.5. The van der Waals surface area contributed by atoms with Gasteiger partial charge in [-0.25, -0.2) is 4.79 Å². The van der Waals surface area contributed by atoms with Crippen molar-refractivity contribution in [3.63, 3.8) is 0 Å². The monoisotopic (exact) mass is 450 g/mol. The molecule has 3 aromatic rings. The van der Waals surface area contributed by atoms with Gasteiger partial charge in [0.2, 0.25) is 0 Å². The van der Waals surface area contributed by atoms with Crippen molar-refractivity contribution in [2.75, 3.05) is 51.3 Å². The van der Waals surface area contributed by atoms with Gasteiger partial charge in [0, 0.05) is 55.8 Å². The van der Waals surface area contributed by atoms with Gasteiger partial charge in [0.1, 0.15) is 12.4 Å². The Balaban J connectivity index is 1.18. The lowest BCUT2D eigenvalue weighted by atomic mass is 10.1. The minimum Gasteiger partial charge on any atom is -0.492 e. The topological polar surface area (TPSA) is 48.9 Å². The van der Waals surface area contributed by atoms with E-state index in [2.05, 4.69) is 22.0 Å². The number of pyridine rings is 1. The highest BCUT2D eigenvalue weighted by atomic mass is 35.5. The number of benzene rings is 2. The van der Waals surface area contributed by atoms with Crippen LogP contribution in [0.5, 0.6) is 5.75 Å². The molecule has 2 amide bonds. The van der Waals surface area contributed by atoms with E-state index < -0.39 is 0 Å². The number of anilines is 1. The number of hydrogen-bond acceptors (Lipinski definition) is 4. The van der Waals surface area contributed by atoms with Crippen LogP contribution < -0.4 is 9.64 Å². The van der Waals surface area contributed by atoms with E-state index in [1.54, 1.807) is 17.3 Å². The summed E-state index contributed by atoms with van der Waals surface area (Å²) in [6.45, 7) is 4.33. The molecule has 0 bridgehead atoms. The van der Waals surface area contributed by atoms with Gasteiger partial charge in [-0.3, -0.25) is 9.88 Å². The van der Waals surface area contributed by atoms with Crippen molar-refractivity contribution in [2.45, 2.75) is 0 Å². The van der Waals surface area contributed by atoms with E-state index in [0.717, 1.165) is 47.2 Å². The Hall–Kier alpha value is -3.09. The number of carbonyl (C=O) groups is 1. The van der Waals surface area contributed by atoms with E-state index in [0.29, 0.717) is 19.7 Å². The van der Waals surface area contributed by atoms with Crippen LogP contribution in [0.25, 0.3) is 11.1 Å². The van der Waals surface area contributed by atoms with Crippen molar-refractivity contribution < 1.29 is 9.53 Å². The van der Waals surface area contributed by atoms with Crippen molar-refractivity contribution in [3.8, 4) is 16.9 Å². The number of amides is 2. The third kappa shape index (κ3) is 5.58. The Morgan fingerprint density at radius 2 is 1.59 bits per heavy atom. The van der Waals surface area contributed by atoms with Gasteiger partial charge in [0.15, 0.2) is 0 Å². The van der Waals surface area contributed by atoms with E-state index in [-0.39, 0.29) is 6.03 Å². The molecule has 7 heteroatoms. The van der Waals surface area contributed by atoms with Gasteiger partial charge in [0.25, 0.3) is 0 Å². The normalized spacial score (nSPS) is 13.8. The predicted octanol–water partition coefficient (Wildman–Crippen LogP) is 4.65. The molecule has 0 unspecified atom stereocenters. The first-order valence-corrected chi connectivity index (χ1v) is 11.1. The van der Waals surface area contributed by atoms with Crippen LogP contribution in [-0.2, 0) is 0 Å². The summed E-state index contributed by atoms with van der Waals surface area (Å²) in [6, 6.07) is 19.7. The van der Waals surface area contributed by atoms with Gasteiger partial charge in [0.05, 0.1) is 0 Å². The van der Waals surface area contributed by atoms with Crippen LogP contribution in [0.4, 0.5) is 10.5 Å². The number of carbonyl (C=O) groups excluding carboxylic acids is 1. The maximum absolute atomic E-state index is 12.6. The number of hydrogen-bond donors (Lipinski definition) is 0. The summed E-state index contributed by atoms with van der Waals surface area (Å²) >= 11 is 5.96. The molecule has 4 rings (SSSR count). The number of likely N-dealkylation sites (N-methyl/N-ethyl adjacent to an activating group) is 1. The van der Waals surface area contributed by atoms with Crippen LogP contribution in [0, 0.1) is 0 Å². The molecule has 6 nitrogen and oxygen atoms in total. The number of rotatable bonds is 9. The molecule has 0 atom stereocenters. The van der Waals surface area contributed by atoms with Gasteiger partial charge in [-0.05, 0) is 54.6 Å². The third-order valence-electron chi connectivity index (χ3n) is 5.59. The Bertz CT molecular complexity index is 1010. The van der Waals surface area contributed by atoms with Crippen LogP contribution in [-0.4, -0.2) is 67.2 Å². The molecule has 0 saturated carbocycles. The lowest BCUT2D eigenvalue weighted by molar-refractivity contribution is 0.200. The lowest BCUT2D eigenvalue weighted by Crippen LogP contribution is -2.38. The third-order valence-corrected chi connectivity index (χ3v) is 5.85. The molecule has 166 valence electrons. The molecule has 0 radical (unpaired) electrons. The van der Waals surface area contributed by atoms with Crippen molar-refractivity contribution in [1.29, 1.82) is 0 Å². The molecule has 1 aliphatic heterocycles. The van der Waals surface area contributed by atoms with Gasteiger partial charge in [-0.1, -0.05) is 35.9 Å². The number of ether oxygens (including phenoxy) is 1. The Labute approximate surface area is 194 Å². The van der Waals surface area contributed by atoms with E-state index in [4.69, 9.17) is 16.3 Å². The highest BCUT2D eigenvalue weighted by Crippen LogP contribution is 2.24. The molecule has 1 fully saturated rings. The Morgan fingerprint density at radius 3 is 2.28 bits per heavy atom. The van der Waals surface area contributed by atoms with E-state index >= 15 is 0 Å². The van der Waals surface area contributed by atoms with Gasteiger partial charge in [-0.15, -0.1) is 0 Å². The minimum absolute atomic E-state index is 0.0571. The summed E-state index contributed by atoms with van der Waals surface area (Å²) in [6.07, 6.45) is 3.43. The van der Waals surface area contributed by atoms with Crippen molar-refractivity contribution in [2.24, 2.45) is 0 Å². The lowest BCUT2D eigenvalue weighted by Gasteiger charge is -2.22. The zero-order valence-corrected chi connectivity index (χ0v) is 18.9. The average Bonchev–Trinajstić information content (AvgIpc) is 3.19. The highest BCUT2D eigenvalue weighted by Gasteiger charge is 2.29. The summed E-state index contributed by atoms with van der Waals surface area (Å²) in [4.78, 5) is 22.5. The van der Waals surface area contributed by atoms with Gasteiger partial charge in [-0.2, -0.15) is 0 Å². The van der Waals surface area contributed by atoms with Crippen molar-refractivity contribution in [1.82, 2.24) is 14.8 Å². The van der Waals surface area contributed by atoms with Crippen LogP contribution >= 0.6 is 11.6 Å². The predicted molar refractivity (Wildman–Crippen MR) is 128 cm³/mol. The molecule has 2 aromatic carbocycles. The van der Waals surface area contributed by atoms with Crippen molar-refractivity contribution >= 4 is 23.3 Å². The largest absolute Gasteiger partial charge is 0.492 e. The fourth-order valence-electron chi connectivity index (χ4n) is 3.66. The van der Waals surface area contributed by atoms with Crippen molar-refractivity contribution in [3.05, 3.63) is 78.1 Å². The van der Waals surface area contributed by atoms with Crippen LogP contribution in [0.1, 0.15) is 0 Å². The Morgan fingerprint density at radius 1 is 0.938 bits per heavy atom. The van der Waals surface area contributed by atoms with Crippen LogP contribution in [0.15, 0.2) is 73.1 Å². The second-order valence-electron chi connectivity index (χ2n) is 7.81. The number of nitrogens with zero attached hydrogens (tertiary/aromatic N) is 4. The maximum atomic E-state index is 12.6. The summed E-state index contributed by atoms with van der Waals surface area (Å²) in [7, 11) is 2.05. The molecule has 0 N–H and O–H groups in total. The number of aromatic nitrogens is 1. The summed E-state index contributed by atoms with van der Waals surface area (Å²) in [5.41, 5.74) is 3.15. The fraction of sp³-hybridized carbons (Fsp3) is 0.280. The Kier molecular flexibility index (Phi) is 7.24. The molecule has 0 spiro atoms. The first-order chi connectivity index (χ1) is 15.6. The molecule has 0 aliphatic carbocycles. The van der Waals surface area contributed by atoms with Gasteiger partial charge >= 0.3 is 6.03 Å². The SMILES string of the molecule is CN(CCOc1ccc(-c2ccc(Cl)cc2)cc1)CCN1CCN(c2ccncc2)C1=O. The second-order valence-corrected chi connectivity index (χ2v) is 8.25. The molecule has 1 aromatic heterocycles.